The van der Waals surface area contributed by atoms with Gasteiger partial charge in [-0.05, 0) is 29.8 Å². The number of carboxylic acid groups (broad SMARTS) is 1. The minimum atomic E-state index is -1.34. The molecule has 82 heavy (non-hydrogen) atoms. The lowest BCUT2D eigenvalue weighted by Crippen LogP contribution is -2.06. The molecule has 3 aromatic heterocycles. The molecule has 0 aliphatic carbocycles. The summed E-state index contributed by atoms with van der Waals surface area (Å²) in [4.78, 5) is 100. The zero-order chi connectivity index (χ0) is 61.5. The van der Waals surface area contributed by atoms with Crippen molar-refractivity contribution in [3.05, 3.63) is 166 Å². The number of nitrogens with zero attached hydrogens (tertiary/aromatic N) is 12. The Morgan fingerprint density at radius 3 is 1.29 bits per heavy atom. The molecule has 0 bridgehead atoms. The van der Waals surface area contributed by atoms with E-state index in [2.05, 4.69) is 44.2 Å². The van der Waals surface area contributed by atoms with Gasteiger partial charge >= 0.3 is 35.0 Å². The third-order valence-corrected chi connectivity index (χ3v) is 10.0. The summed E-state index contributed by atoms with van der Waals surface area (Å²) >= 11 is 5.25. The maximum atomic E-state index is 11.4. The van der Waals surface area contributed by atoms with Crippen LogP contribution in [0.25, 0.3) is 27.5 Å². The normalized spacial score (nSPS) is 10.5. The summed E-state index contributed by atoms with van der Waals surface area (Å²) in [5.41, 5.74) is -2.96. The fourth-order valence-electron chi connectivity index (χ4n) is 6.00. The first-order valence-corrected chi connectivity index (χ1v) is 21.9. The molecule has 0 aliphatic rings. The van der Waals surface area contributed by atoms with Crippen LogP contribution >= 0.6 is 11.6 Å². The average molecular weight is 1150 g/mol. The van der Waals surface area contributed by atoms with Crippen molar-refractivity contribution >= 4 is 74.5 Å². The summed E-state index contributed by atoms with van der Waals surface area (Å²) in [7, 11) is 7.54. The monoisotopic (exact) mass is 1150 g/mol. The SMILES string of the molecule is COC(=O)c1cnc(/C(C#N)=C(\O)c2cc(OC)c(OC)c([N+](=O)[O-])c2)cn1.COc1cc(C(=O)Cl)cc([N+](=O)[O-])c1OC.N#C/C(=C(/O)c1cc(O)c(O)c([N+](=O)[O-])c1)c1cnc(C(=O)O)cn1.[C-]#[N+]Cc1cnc(C(=O)OC)cn1. The van der Waals surface area contributed by atoms with E-state index in [4.69, 9.17) is 42.2 Å². The molecule has 6 rings (SSSR count). The van der Waals surface area contributed by atoms with Gasteiger partial charge in [-0.15, -0.1) is 0 Å². The summed E-state index contributed by atoms with van der Waals surface area (Å²) in [6.45, 7) is 6.76. The molecule has 0 fully saturated rings. The topological polar surface area (TPSA) is 484 Å². The molecule has 33 nitrogen and oxygen atoms in total. The number of carboxylic acids is 1. The Morgan fingerprint density at radius 1 is 0.573 bits per heavy atom. The number of aromatic carboxylic acids is 1. The van der Waals surface area contributed by atoms with Crippen LogP contribution in [0.1, 0.15) is 70.0 Å². The molecule has 0 aliphatic heterocycles. The Bertz CT molecular complexity index is 3640. The van der Waals surface area contributed by atoms with Gasteiger partial charge in [0.05, 0.1) is 94.6 Å². The summed E-state index contributed by atoms with van der Waals surface area (Å²) in [6, 6.07) is 9.56. The smallest absolute Gasteiger partial charge is 0.358 e. The van der Waals surface area contributed by atoms with E-state index in [-0.39, 0.29) is 80.3 Å². The van der Waals surface area contributed by atoms with E-state index in [0.29, 0.717) is 5.69 Å². The van der Waals surface area contributed by atoms with Gasteiger partial charge in [-0.3, -0.25) is 45.1 Å². The molecule has 3 aromatic carbocycles. The van der Waals surface area contributed by atoms with E-state index in [1.165, 1.54) is 67.2 Å². The van der Waals surface area contributed by atoms with Crippen molar-refractivity contribution in [1.82, 2.24) is 29.9 Å². The van der Waals surface area contributed by atoms with Gasteiger partial charge in [0.2, 0.25) is 17.2 Å². The lowest BCUT2D eigenvalue weighted by Gasteiger charge is -2.11. The number of carbonyl (C=O) groups excluding carboxylic acids is 3. The summed E-state index contributed by atoms with van der Waals surface area (Å²) < 4.78 is 28.7. The maximum absolute atomic E-state index is 11.4. The van der Waals surface area contributed by atoms with Crippen LogP contribution in [0.2, 0.25) is 0 Å². The second-order valence-electron chi connectivity index (χ2n) is 14.6. The van der Waals surface area contributed by atoms with Gasteiger partial charge in [-0.1, -0.05) is 0 Å². The quantitative estimate of drug-likeness (QED) is 0.0104. The number of rotatable bonds is 16. The van der Waals surface area contributed by atoms with Gasteiger partial charge in [-0.2, -0.15) is 10.5 Å². The van der Waals surface area contributed by atoms with Crippen molar-refractivity contribution < 1.29 is 87.9 Å². The van der Waals surface area contributed by atoms with Crippen LogP contribution < -0.4 is 18.9 Å². The highest BCUT2D eigenvalue weighted by Crippen LogP contribution is 2.42. The number of methoxy groups -OCH3 is 6. The minimum absolute atomic E-state index is 0.0114. The highest BCUT2D eigenvalue weighted by Gasteiger charge is 2.27. The third-order valence-electron chi connectivity index (χ3n) is 9.82. The number of aliphatic hydroxyl groups excluding tert-OH is 2. The predicted octanol–water partition coefficient (Wildman–Crippen LogP) is 6.26. The van der Waals surface area contributed by atoms with E-state index in [9.17, 15) is 80.5 Å². The number of benzene rings is 3. The Balaban J connectivity index is 0.000000299. The number of hydrogen-bond donors (Lipinski definition) is 5. The molecule has 0 saturated heterocycles. The molecule has 0 atom stereocenters. The molecule has 0 radical (unpaired) electrons. The highest BCUT2D eigenvalue weighted by molar-refractivity contribution is 6.67. The Labute approximate surface area is 463 Å². The number of ether oxygens (including phenoxy) is 6. The summed E-state index contributed by atoms with van der Waals surface area (Å²) in [5.74, 6) is -5.94. The van der Waals surface area contributed by atoms with Gasteiger partial charge in [-0.25, -0.2) is 40.9 Å². The van der Waals surface area contributed by atoms with E-state index in [1.807, 2.05) is 0 Å². The van der Waals surface area contributed by atoms with Crippen LogP contribution in [0.15, 0.2) is 73.6 Å². The number of phenols is 2. The first-order chi connectivity index (χ1) is 38.9. The molecule has 0 unspecified atom stereocenters. The number of carbonyl (C=O) groups is 4. The van der Waals surface area contributed by atoms with Crippen LogP contribution in [0.3, 0.4) is 0 Å². The maximum Gasteiger partial charge on any atom is 0.358 e. The van der Waals surface area contributed by atoms with Crippen molar-refractivity contribution in [3.63, 3.8) is 0 Å². The summed E-state index contributed by atoms with van der Waals surface area (Å²) in [6.07, 6.45) is 6.64. The number of nitriles is 2. The van der Waals surface area contributed by atoms with E-state index >= 15 is 0 Å². The molecule has 6 aromatic rings. The van der Waals surface area contributed by atoms with Gasteiger partial charge in [0, 0.05) is 34.9 Å². The molecule has 0 saturated carbocycles. The number of aromatic nitrogens is 6. The number of halogens is 1. The Morgan fingerprint density at radius 2 is 0.951 bits per heavy atom. The average Bonchev–Trinajstić information content (AvgIpc) is 3.49. The van der Waals surface area contributed by atoms with Crippen molar-refractivity contribution in [2.45, 2.75) is 6.54 Å². The molecular formula is C48H37ClN12O21. The van der Waals surface area contributed by atoms with Crippen LogP contribution in [0, 0.1) is 59.6 Å². The van der Waals surface area contributed by atoms with Crippen molar-refractivity contribution in [2.24, 2.45) is 0 Å². The van der Waals surface area contributed by atoms with E-state index in [1.54, 1.807) is 12.1 Å². The van der Waals surface area contributed by atoms with Crippen LogP contribution in [0.5, 0.6) is 34.5 Å². The number of hydrogen-bond acceptors (Lipinski definition) is 28. The molecule has 422 valence electrons. The molecule has 3 heterocycles. The standard InChI is InChI=1S/C17H14N4O7.C14H8N4O7.C9H8ClNO5.C8H7N3O2/c1-26-14-5-9(4-13(21(24)25)16(14)27-2)15(22)10(6-18)11-7-20-12(8-19-11)17(23)28-3;15-3-7(8-4-17-9(5-16-8)14(22)23)12(20)6-1-10(18(24)25)13(21)11(19)2-6;1-15-7-4-5(9(10)12)3-6(11(13)14)8(7)16-2;1-9-3-6-4-11-7(5-10-6)8(12)13-2/h4-5,7-8,22H,1-3H3;1-2,4-5,19-21H,(H,22,23);3-4H,1-2H3;4-5H,3H2,2H3/b15-10-;12-7-;;. The van der Waals surface area contributed by atoms with Crippen molar-refractivity contribution in [2.75, 3.05) is 42.7 Å². The fraction of sp³-hybridized carbons (Fsp3) is 0.146. The Hall–Kier alpha value is -12.2. The number of phenolic OH excluding ortho intramolecular Hbond substituents is 2. The van der Waals surface area contributed by atoms with Crippen LogP contribution in [-0.2, 0) is 16.0 Å². The van der Waals surface area contributed by atoms with Crippen LogP contribution in [0.4, 0.5) is 17.1 Å². The number of esters is 2. The molecule has 5 N–H and O–H groups in total. The molecular weight excluding hydrogens is 1120 g/mol. The van der Waals surface area contributed by atoms with Gasteiger partial charge in [0.1, 0.15) is 51.9 Å². The zero-order valence-electron chi connectivity index (χ0n) is 42.6. The highest BCUT2D eigenvalue weighted by atomic mass is 35.5. The van der Waals surface area contributed by atoms with E-state index in [0.717, 1.165) is 49.1 Å². The molecule has 0 spiro atoms. The van der Waals surface area contributed by atoms with Gasteiger partial charge < -0.3 is 58.8 Å². The van der Waals surface area contributed by atoms with E-state index < -0.39 is 83.6 Å². The number of aliphatic hydroxyl groups is 2. The Kier molecular flexibility index (Phi) is 23.4. The first-order valence-electron chi connectivity index (χ1n) is 21.5. The predicted molar refractivity (Wildman–Crippen MR) is 275 cm³/mol. The number of aromatic hydroxyl groups is 2. The van der Waals surface area contributed by atoms with Gasteiger partial charge in [0.25, 0.3) is 11.8 Å². The zero-order valence-corrected chi connectivity index (χ0v) is 43.4. The van der Waals surface area contributed by atoms with Gasteiger partial charge in [0.15, 0.2) is 34.3 Å². The lowest BCUT2D eigenvalue weighted by atomic mass is 10.1. The molecule has 34 heteroatoms. The number of allylic oxidation sites excluding steroid dienone is 2. The number of nitro benzene ring substituents is 3. The summed E-state index contributed by atoms with van der Waals surface area (Å²) in [5, 5.41) is 99.2. The van der Waals surface area contributed by atoms with Crippen LogP contribution in [-0.4, -0.2) is 136 Å². The van der Waals surface area contributed by atoms with Crippen molar-refractivity contribution in [3.8, 4) is 46.6 Å². The second-order valence-corrected chi connectivity index (χ2v) is 15.0. The second kappa shape index (κ2) is 29.9. The molecule has 0 amide bonds. The largest absolute Gasteiger partial charge is 0.506 e. The third kappa shape index (κ3) is 16.2. The first kappa shape index (κ1) is 64.1. The van der Waals surface area contributed by atoms with Crippen molar-refractivity contribution in [1.29, 1.82) is 10.5 Å². The fourth-order valence-corrected chi connectivity index (χ4v) is 6.11. The number of nitro groups is 3. The minimum Gasteiger partial charge on any atom is -0.506 e. The lowest BCUT2D eigenvalue weighted by molar-refractivity contribution is -0.386.